The Morgan fingerprint density at radius 2 is 1.78 bits per heavy atom. The molecular formula is C19H18N4O4. The Bertz CT molecular complexity index is 1050. The van der Waals surface area contributed by atoms with Gasteiger partial charge in [0.05, 0.1) is 45.7 Å². The molecule has 138 valence electrons. The van der Waals surface area contributed by atoms with Crippen LogP contribution in [-0.4, -0.2) is 35.9 Å². The van der Waals surface area contributed by atoms with Gasteiger partial charge in [-0.3, -0.25) is 0 Å². The van der Waals surface area contributed by atoms with Crippen LogP contribution in [0.2, 0.25) is 0 Å². The zero-order valence-electron chi connectivity index (χ0n) is 15.1. The summed E-state index contributed by atoms with van der Waals surface area (Å²) in [6.45, 7) is 0. The first-order valence-electron chi connectivity index (χ1n) is 8.18. The second-order valence-corrected chi connectivity index (χ2v) is 5.68. The molecule has 8 nitrogen and oxygen atoms in total. The maximum absolute atomic E-state index is 5.42. The molecule has 1 N–H and O–H groups in total. The second kappa shape index (κ2) is 6.91. The molecular weight excluding hydrogens is 348 g/mol. The van der Waals surface area contributed by atoms with Crippen LogP contribution in [-0.2, 0) is 0 Å². The molecule has 0 aliphatic rings. The van der Waals surface area contributed by atoms with E-state index in [0.717, 1.165) is 22.8 Å². The van der Waals surface area contributed by atoms with Crippen LogP contribution in [0.3, 0.4) is 0 Å². The molecule has 0 fully saturated rings. The van der Waals surface area contributed by atoms with Crippen LogP contribution in [0.25, 0.3) is 16.9 Å². The lowest BCUT2D eigenvalue weighted by Gasteiger charge is -2.16. The Labute approximate surface area is 155 Å². The lowest BCUT2D eigenvalue weighted by molar-refractivity contribution is 0.324. The SMILES string of the molecule is COc1cc(Nc2cc(-c3ccoc3)nc3ccnn23)cc(OC)c1OC. The van der Waals surface area contributed by atoms with Crippen molar-refractivity contribution >= 4 is 17.2 Å². The van der Waals surface area contributed by atoms with E-state index in [1.807, 2.05) is 30.3 Å². The van der Waals surface area contributed by atoms with E-state index in [1.54, 1.807) is 44.6 Å². The number of aromatic nitrogens is 3. The van der Waals surface area contributed by atoms with Gasteiger partial charge in [-0.2, -0.15) is 9.61 Å². The maximum Gasteiger partial charge on any atom is 0.203 e. The van der Waals surface area contributed by atoms with Crippen molar-refractivity contribution in [1.82, 2.24) is 14.6 Å². The number of ether oxygens (including phenoxy) is 3. The van der Waals surface area contributed by atoms with Crippen molar-refractivity contribution in [3.05, 3.63) is 49.1 Å². The van der Waals surface area contributed by atoms with Crippen molar-refractivity contribution in [2.45, 2.75) is 0 Å². The summed E-state index contributed by atoms with van der Waals surface area (Å²) >= 11 is 0. The van der Waals surface area contributed by atoms with Crippen LogP contribution in [0.4, 0.5) is 11.5 Å². The quantitative estimate of drug-likeness (QED) is 0.556. The van der Waals surface area contributed by atoms with E-state index in [1.165, 1.54) is 0 Å². The molecule has 4 aromatic rings. The molecule has 3 aromatic heterocycles. The molecule has 4 rings (SSSR count). The van der Waals surface area contributed by atoms with E-state index in [-0.39, 0.29) is 0 Å². The Morgan fingerprint density at radius 1 is 1.00 bits per heavy atom. The Morgan fingerprint density at radius 3 is 2.41 bits per heavy atom. The monoisotopic (exact) mass is 366 g/mol. The molecule has 0 aliphatic carbocycles. The van der Waals surface area contributed by atoms with Crippen LogP contribution in [0, 0.1) is 0 Å². The third kappa shape index (κ3) is 3.01. The molecule has 8 heteroatoms. The van der Waals surface area contributed by atoms with Gasteiger partial charge >= 0.3 is 0 Å². The van der Waals surface area contributed by atoms with Gasteiger partial charge in [0.2, 0.25) is 5.75 Å². The van der Waals surface area contributed by atoms with Crippen molar-refractivity contribution in [2.75, 3.05) is 26.6 Å². The van der Waals surface area contributed by atoms with Gasteiger partial charge in [0.25, 0.3) is 0 Å². The van der Waals surface area contributed by atoms with Gasteiger partial charge in [-0.1, -0.05) is 0 Å². The summed E-state index contributed by atoms with van der Waals surface area (Å²) < 4.78 is 23.1. The van der Waals surface area contributed by atoms with E-state index in [4.69, 9.17) is 18.6 Å². The fourth-order valence-corrected chi connectivity index (χ4v) is 2.86. The summed E-state index contributed by atoms with van der Waals surface area (Å²) in [6, 6.07) is 9.25. The minimum atomic E-state index is 0.531. The van der Waals surface area contributed by atoms with Crippen LogP contribution >= 0.6 is 0 Å². The van der Waals surface area contributed by atoms with Crippen molar-refractivity contribution in [2.24, 2.45) is 0 Å². The standard InChI is InChI=1S/C19H18N4O4/c1-24-15-8-13(9-16(25-2)19(15)26-3)21-18-10-14(12-5-7-27-11-12)22-17-4-6-20-23(17)18/h4-11,21H,1-3H3. The highest BCUT2D eigenvalue weighted by Crippen LogP contribution is 2.40. The van der Waals surface area contributed by atoms with Gasteiger partial charge in [0.1, 0.15) is 5.82 Å². The largest absolute Gasteiger partial charge is 0.493 e. The zero-order valence-corrected chi connectivity index (χ0v) is 15.1. The third-order valence-electron chi connectivity index (χ3n) is 4.11. The normalized spacial score (nSPS) is 10.8. The number of nitrogens with zero attached hydrogens (tertiary/aromatic N) is 3. The van der Waals surface area contributed by atoms with Crippen LogP contribution < -0.4 is 19.5 Å². The smallest absolute Gasteiger partial charge is 0.203 e. The summed E-state index contributed by atoms with van der Waals surface area (Å²) in [5.41, 5.74) is 3.12. The van der Waals surface area contributed by atoms with Crippen LogP contribution in [0.15, 0.2) is 53.5 Å². The van der Waals surface area contributed by atoms with E-state index in [0.29, 0.717) is 22.9 Å². The number of furan rings is 1. The molecule has 0 saturated carbocycles. The number of rotatable bonds is 6. The fourth-order valence-electron chi connectivity index (χ4n) is 2.86. The first-order valence-corrected chi connectivity index (χ1v) is 8.18. The molecule has 27 heavy (non-hydrogen) atoms. The molecule has 1 aromatic carbocycles. The van der Waals surface area contributed by atoms with Gasteiger partial charge in [0, 0.05) is 35.5 Å². The van der Waals surface area contributed by atoms with Crippen molar-refractivity contribution < 1.29 is 18.6 Å². The predicted octanol–water partition coefficient (Wildman–Crippen LogP) is 3.76. The number of nitrogens with one attached hydrogen (secondary N) is 1. The van der Waals surface area contributed by atoms with E-state index in [9.17, 15) is 0 Å². The third-order valence-corrected chi connectivity index (χ3v) is 4.11. The number of hydrogen-bond acceptors (Lipinski definition) is 7. The molecule has 0 saturated heterocycles. The summed E-state index contributed by atoms with van der Waals surface area (Å²) in [4.78, 5) is 4.61. The number of hydrogen-bond donors (Lipinski definition) is 1. The van der Waals surface area contributed by atoms with Crippen molar-refractivity contribution in [3.63, 3.8) is 0 Å². The van der Waals surface area contributed by atoms with Crippen LogP contribution in [0.5, 0.6) is 17.2 Å². The van der Waals surface area contributed by atoms with Gasteiger partial charge < -0.3 is 23.9 Å². The molecule has 0 unspecified atom stereocenters. The molecule has 0 bridgehead atoms. The van der Waals surface area contributed by atoms with E-state index < -0.39 is 0 Å². The Kier molecular flexibility index (Phi) is 4.29. The molecule has 3 heterocycles. The van der Waals surface area contributed by atoms with E-state index >= 15 is 0 Å². The van der Waals surface area contributed by atoms with Crippen molar-refractivity contribution in [3.8, 4) is 28.5 Å². The van der Waals surface area contributed by atoms with Gasteiger partial charge in [-0.05, 0) is 6.07 Å². The van der Waals surface area contributed by atoms with E-state index in [2.05, 4.69) is 15.4 Å². The highest BCUT2D eigenvalue weighted by Gasteiger charge is 2.15. The second-order valence-electron chi connectivity index (χ2n) is 5.68. The first kappa shape index (κ1) is 16.8. The average molecular weight is 366 g/mol. The van der Waals surface area contributed by atoms with Gasteiger partial charge in [-0.25, -0.2) is 4.98 Å². The molecule has 0 aliphatic heterocycles. The highest BCUT2D eigenvalue weighted by atomic mass is 16.5. The maximum atomic E-state index is 5.42. The molecule has 0 atom stereocenters. The predicted molar refractivity (Wildman–Crippen MR) is 100 cm³/mol. The first-order chi connectivity index (χ1) is 13.2. The number of methoxy groups -OCH3 is 3. The molecule has 0 spiro atoms. The molecule has 0 radical (unpaired) electrons. The minimum absolute atomic E-state index is 0.531. The zero-order chi connectivity index (χ0) is 18.8. The van der Waals surface area contributed by atoms with Gasteiger partial charge in [-0.15, -0.1) is 0 Å². The lowest BCUT2D eigenvalue weighted by atomic mass is 10.2. The highest BCUT2D eigenvalue weighted by molar-refractivity contribution is 5.71. The summed E-state index contributed by atoms with van der Waals surface area (Å²) in [5.74, 6) is 2.37. The summed E-state index contributed by atoms with van der Waals surface area (Å²) in [6.07, 6.45) is 4.96. The molecule has 0 amide bonds. The topological polar surface area (TPSA) is 83.1 Å². The lowest BCUT2D eigenvalue weighted by Crippen LogP contribution is -2.03. The average Bonchev–Trinajstić information content (AvgIpc) is 3.38. The number of benzene rings is 1. The van der Waals surface area contributed by atoms with Gasteiger partial charge in [0.15, 0.2) is 17.1 Å². The summed E-state index contributed by atoms with van der Waals surface area (Å²) in [5, 5.41) is 7.69. The fraction of sp³-hybridized carbons (Fsp3) is 0.158. The summed E-state index contributed by atoms with van der Waals surface area (Å²) in [7, 11) is 4.73. The Hall–Kier alpha value is -3.68. The number of fused-ring (bicyclic) bond motifs is 1. The Balaban J connectivity index is 1.80. The minimum Gasteiger partial charge on any atom is -0.493 e. The number of anilines is 2. The van der Waals surface area contributed by atoms with Crippen molar-refractivity contribution in [1.29, 1.82) is 0 Å². The van der Waals surface area contributed by atoms with Crippen LogP contribution in [0.1, 0.15) is 0 Å².